The molecule has 0 spiro atoms. The molecule has 0 atom stereocenters. The van der Waals surface area contributed by atoms with Gasteiger partial charge in [-0.05, 0) is 60.0 Å². The van der Waals surface area contributed by atoms with E-state index in [4.69, 9.17) is 11.6 Å². The minimum atomic E-state index is 0.00899. The Morgan fingerprint density at radius 2 is 1.70 bits per heavy atom. The fourth-order valence-electron chi connectivity index (χ4n) is 2.53. The fraction of sp³-hybridized carbons (Fsp3) is 0.0556. The van der Waals surface area contributed by atoms with Crippen molar-refractivity contribution in [3.63, 3.8) is 0 Å². The Morgan fingerprint density at radius 1 is 1.04 bits per heavy atom. The molecule has 0 amide bonds. The molecule has 0 saturated carbocycles. The molecule has 2 N–H and O–H groups in total. The minimum Gasteiger partial charge on any atom is -0.508 e. The predicted molar refractivity (Wildman–Crippen MR) is 93.7 cm³/mol. The number of carbonyl (C=O) groups is 1. The Labute approximate surface area is 142 Å². The summed E-state index contributed by atoms with van der Waals surface area (Å²) in [7, 11) is 0. The van der Waals surface area contributed by atoms with Crippen LogP contribution < -0.4 is 0 Å². The smallest absolute Gasteiger partial charge is 0.160 e. The number of rotatable bonds is 3. The van der Waals surface area contributed by atoms with E-state index in [0.29, 0.717) is 4.88 Å². The van der Waals surface area contributed by atoms with Gasteiger partial charge in [0.05, 0.1) is 9.90 Å². The Balaban J connectivity index is 2.19. The van der Waals surface area contributed by atoms with Crippen LogP contribution in [0.15, 0.2) is 42.5 Å². The Hall–Kier alpha value is -2.30. The third-order valence-electron chi connectivity index (χ3n) is 3.65. The van der Waals surface area contributed by atoms with Crippen molar-refractivity contribution in [1.29, 1.82) is 0 Å². The first kappa shape index (κ1) is 15.6. The molecule has 2 aromatic carbocycles. The van der Waals surface area contributed by atoms with Crippen LogP contribution in [0.5, 0.6) is 11.5 Å². The molecule has 3 aromatic rings. The number of benzene rings is 2. The number of halogens is 1. The highest BCUT2D eigenvalue weighted by atomic mass is 35.5. The Morgan fingerprint density at radius 3 is 2.30 bits per heavy atom. The molecule has 0 aliphatic rings. The zero-order valence-electron chi connectivity index (χ0n) is 12.2. The topological polar surface area (TPSA) is 57.5 Å². The molecule has 116 valence electrons. The number of carbonyl (C=O) groups excluding carboxylic acids is 1. The van der Waals surface area contributed by atoms with E-state index in [2.05, 4.69) is 0 Å². The van der Waals surface area contributed by atoms with Crippen LogP contribution in [0, 0.1) is 6.92 Å². The summed E-state index contributed by atoms with van der Waals surface area (Å²) in [5.41, 5.74) is 3.50. The largest absolute Gasteiger partial charge is 0.508 e. The van der Waals surface area contributed by atoms with Crippen molar-refractivity contribution < 1.29 is 15.0 Å². The third kappa shape index (κ3) is 2.83. The van der Waals surface area contributed by atoms with Crippen molar-refractivity contribution >= 4 is 29.2 Å². The zero-order chi connectivity index (χ0) is 16.6. The van der Waals surface area contributed by atoms with Crippen molar-refractivity contribution in [3.8, 4) is 33.1 Å². The van der Waals surface area contributed by atoms with Gasteiger partial charge in [0.25, 0.3) is 0 Å². The molecule has 5 heteroatoms. The highest BCUT2D eigenvalue weighted by Crippen LogP contribution is 2.42. The summed E-state index contributed by atoms with van der Waals surface area (Å²) < 4.78 is 0. The van der Waals surface area contributed by atoms with Crippen LogP contribution in [0.1, 0.15) is 15.2 Å². The molecule has 0 bridgehead atoms. The van der Waals surface area contributed by atoms with E-state index in [1.165, 1.54) is 17.4 Å². The molecule has 0 aliphatic carbocycles. The van der Waals surface area contributed by atoms with Crippen LogP contribution in [-0.4, -0.2) is 16.5 Å². The van der Waals surface area contributed by atoms with Crippen LogP contribution in [0.25, 0.3) is 21.6 Å². The van der Waals surface area contributed by atoms with Gasteiger partial charge in [-0.15, -0.1) is 11.3 Å². The summed E-state index contributed by atoms with van der Waals surface area (Å²) in [6, 6.07) is 11.8. The number of hydrogen-bond donors (Lipinski definition) is 2. The molecule has 3 nitrogen and oxygen atoms in total. The van der Waals surface area contributed by atoms with Crippen LogP contribution in [0.2, 0.25) is 5.02 Å². The van der Waals surface area contributed by atoms with E-state index in [1.54, 1.807) is 24.3 Å². The average Bonchev–Trinajstić information content (AvgIpc) is 2.88. The van der Waals surface area contributed by atoms with Gasteiger partial charge in [-0.25, -0.2) is 0 Å². The van der Waals surface area contributed by atoms with E-state index in [-0.39, 0.29) is 16.5 Å². The van der Waals surface area contributed by atoms with Gasteiger partial charge >= 0.3 is 0 Å². The standard InChI is InChI=1S/C18H13ClO3S/c1-10-17(12-4-7-15(22)14(19)8-12)16(9-20)23-18(10)11-2-5-13(21)6-3-11/h2-9,21-22H,1H3. The number of phenols is 2. The van der Waals surface area contributed by atoms with Crippen LogP contribution in [0.4, 0.5) is 0 Å². The molecule has 0 radical (unpaired) electrons. The average molecular weight is 345 g/mol. The van der Waals surface area contributed by atoms with Gasteiger partial charge in [-0.1, -0.05) is 17.7 Å². The van der Waals surface area contributed by atoms with E-state index in [0.717, 1.165) is 33.4 Å². The van der Waals surface area contributed by atoms with Crippen LogP contribution >= 0.6 is 22.9 Å². The summed E-state index contributed by atoms with van der Waals surface area (Å²) >= 11 is 7.38. The van der Waals surface area contributed by atoms with Crippen molar-refractivity contribution in [2.75, 3.05) is 0 Å². The van der Waals surface area contributed by atoms with Crippen LogP contribution in [0.3, 0.4) is 0 Å². The molecular formula is C18H13ClO3S. The quantitative estimate of drug-likeness (QED) is 0.636. The Bertz CT molecular complexity index is 882. The van der Waals surface area contributed by atoms with E-state index in [9.17, 15) is 15.0 Å². The summed E-state index contributed by atoms with van der Waals surface area (Å²) in [6.07, 6.45) is 0.831. The second-order valence-electron chi connectivity index (χ2n) is 5.13. The minimum absolute atomic E-state index is 0.00899. The second-order valence-corrected chi connectivity index (χ2v) is 6.59. The highest BCUT2D eigenvalue weighted by Gasteiger charge is 2.18. The molecule has 0 fully saturated rings. The van der Waals surface area contributed by atoms with Crippen LogP contribution in [-0.2, 0) is 0 Å². The predicted octanol–water partition coefficient (Wildman–Crippen LogP) is 5.27. The van der Waals surface area contributed by atoms with Gasteiger partial charge in [0.1, 0.15) is 11.5 Å². The normalized spacial score (nSPS) is 10.7. The van der Waals surface area contributed by atoms with Gasteiger partial charge < -0.3 is 10.2 Å². The number of aldehydes is 1. The monoisotopic (exact) mass is 344 g/mol. The van der Waals surface area contributed by atoms with Crippen molar-refractivity contribution in [2.24, 2.45) is 0 Å². The summed E-state index contributed by atoms with van der Waals surface area (Å²) in [5, 5.41) is 19.2. The van der Waals surface area contributed by atoms with Gasteiger partial charge in [0.2, 0.25) is 0 Å². The molecule has 1 heterocycles. The lowest BCUT2D eigenvalue weighted by atomic mass is 9.99. The first-order valence-electron chi connectivity index (χ1n) is 6.88. The van der Waals surface area contributed by atoms with Gasteiger partial charge in [0, 0.05) is 10.4 Å². The first-order valence-corrected chi connectivity index (χ1v) is 8.07. The molecule has 1 aromatic heterocycles. The van der Waals surface area contributed by atoms with Crippen molar-refractivity contribution in [2.45, 2.75) is 6.92 Å². The number of thiophene rings is 1. The van der Waals surface area contributed by atoms with E-state index < -0.39 is 0 Å². The molecule has 0 unspecified atom stereocenters. The molecule has 0 aliphatic heterocycles. The number of aromatic hydroxyl groups is 2. The van der Waals surface area contributed by atoms with E-state index in [1.807, 2.05) is 19.1 Å². The fourth-order valence-corrected chi connectivity index (χ4v) is 3.86. The lowest BCUT2D eigenvalue weighted by Crippen LogP contribution is -1.85. The van der Waals surface area contributed by atoms with E-state index >= 15 is 0 Å². The van der Waals surface area contributed by atoms with Gasteiger partial charge in [-0.2, -0.15) is 0 Å². The maximum absolute atomic E-state index is 11.5. The van der Waals surface area contributed by atoms with Crippen molar-refractivity contribution in [1.82, 2.24) is 0 Å². The van der Waals surface area contributed by atoms with Crippen molar-refractivity contribution in [3.05, 3.63) is 57.9 Å². The zero-order valence-corrected chi connectivity index (χ0v) is 13.8. The maximum Gasteiger partial charge on any atom is 0.160 e. The van der Waals surface area contributed by atoms with Gasteiger partial charge in [0.15, 0.2) is 6.29 Å². The summed E-state index contributed by atoms with van der Waals surface area (Å²) in [5.74, 6) is 0.207. The molecular weight excluding hydrogens is 332 g/mol. The third-order valence-corrected chi connectivity index (χ3v) is 5.22. The lowest BCUT2D eigenvalue weighted by molar-refractivity contribution is 0.112. The number of hydrogen-bond acceptors (Lipinski definition) is 4. The molecule has 23 heavy (non-hydrogen) atoms. The highest BCUT2D eigenvalue weighted by molar-refractivity contribution is 7.17. The lowest BCUT2D eigenvalue weighted by Gasteiger charge is -2.06. The summed E-state index contributed by atoms with van der Waals surface area (Å²) in [4.78, 5) is 13.1. The number of phenolic OH excluding ortho intramolecular Hbond substituents is 2. The van der Waals surface area contributed by atoms with Gasteiger partial charge in [-0.3, -0.25) is 4.79 Å². The summed E-state index contributed by atoms with van der Waals surface area (Å²) in [6.45, 7) is 1.95. The maximum atomic E-state index is 11.5. The molecule has 3 rings (SSSR count). The molecule has 0 saturated heterocycles. The second kappa shape index (κ2) is 6.07. The Kier molecular flexibility index (Phi) is 4.11. The first-order chi connectivity index (χ1) is 11.0. The SMILES string of the molecule is Cc1c(-c2ccc(O)cc2)sc(C=O)c1-c1ccc(O)c(Cl)c1.